The van der Waals surface area contributed by atoms with Gasteiger partial charge in [-0.25, -0.2) is 4.39 Å². The molecule has 8 heteroatoms. The van der Waals surface area contributed by atoms with Gasteiger partial charge in [0.25, 0.3) is 0 Å². The lowest BCUT2D eigenvalue weighted by atomic mass is 10.1. The first kappa shape index (κ1) is 17.4. The molecule has 0 heterocycles. The number of hydrogen-bond donors (Lipinski definition) is 1. The number of rotatable bonds is 6. The van der Waals surface area contributed by atoms with Crippen LogP contribution in [0.3, 0.4) is 0 Å². The molecule has 2 aromatic rings. The van der Waals surface area contributed by atoms with Crippen molar-refractivity contribution in [1.82, 2.24) is 0 Å². The standard InChI is InChI=1S/C15H13ClFNO4S/c1-9(19)10-2-4-14(18-23(20)21)11(6-10)8-22-15-5-3-12(17)7-13(15)16/h2-7,18H,8H2,1H3,(H,20,21)/p-1. The Morgan fingerprint density at radius 1 is 1.35 bits per heavy atom. The van der Waals surface area contributed by atoms with Gasteiger partial charge in [0.15, 0.2) is 5.78 Å². The number of benzene rings is 2. The van der Waals surface area contributed by atoms with Crippen molar-refractivity contribution in [2.24, 2.45) is 0 Å². The summed E-state index contributed by atoms with van der Waals surface area (Å²) < 4.78 is 42.4. The third kappa shape index (κ3) is 4.75. The molecule has 2 rings (SSSR count). The lowest BCUT2D eigenvalue weighted by molar-refractivity contribution is 0.101. The highest BCUT2D eigenvalue weighted by atomic mass is 35.5. The number of hydrogen-bond acceptors (Lipinski definition) is 4. The van der Waals surface area contributed by atoms with Crippen LogP contribution in [-0.4, -0.2) is 14.5 Å². The Balaban J connectivity index is 2.26. The Labute approximate surface area is 139 Å². The number of carbonyl (C=O) groups is 1. The fraction of sp³-hybridized carbons (Fsp3) is 0.133. The molecule has 122 valence electrons. The molecular weight excluding hydrogens is 345 g/mol. The van der Waals surface area contributed by atoms with Crippen LogP contribution in [0, 0.1) is 5.82 Å². The van der Waals surface area contributed by atoms with Crippen LogP contribution in [0.5, 0.6) is 5.75 Å². The Kier molecular flexibility index (Phi) is 5.70. The summed E-state index contributed by atoms with van der Waals surface area (Å²) in [4.78, 5) is 11.5. The van der Waals surface area contributed by atoms with E-state index < -0.39 is 17.1 Å². The van der Waals surface area contributed by atoms with Gasteiger partial charge >= 0.3 is 0 Å². The number of ether oxygens (including phenoxy) is 1. The van der Waals surface area contributed by atoms with Gasteiger partial charge in [-0.3, -0.25) is 9.00 Å². The zero-order chi connectivity index (χ0) is 17.0. The van der Waals surface area contributed by atoms with E-state index in [1.54, 1.807) is 0 Å². The van der Waals surface area contributed by atoms with Crippen LogP contribution in [-0.2, 0) is 17.9 Å². The van der Waals surface area contributed by atoms with Crippen molar-refractivity contribution >= 4 is 34.3 Å². The first-order valence-corrected chi connectivity index (χ1v) is 7.89. The summed E-state index contributed by atoms with van der Waals surface area (Å²) >= 11 is 3.35. The Morgan fingerprint density at radius 3 is 2.70 bits per heavy atom. The maximum Gasteiger partial charge on any atom is 0.159 e. The summed E-state index contributed by atoms with van der Waals surface area (Å²) in [6.07, 6.45) is 0. The Hall–Kier alpha value is -1.96. The van der Waals surface area contributed by atoms with E-state index in [9.17, 15) is 17.9 Å². The van der Waals surface area contributed by atoms with Gasteiger partial charge in [0.2, 0.25) is 0 Å². The quantitative estimate of drug-likeness (QED) is 0.635. The maximum atomic E-state index is 13.0. The summed E-state index contributed by atoms with van der Waals surface area (Å²) in [7, 11) is 0. The number of nitrogens with one attached hydrogen (secondary N) is 1. The minimum atomic E-state index is -2.52. The molecule has 0 aliphatic carbocycles. The van der Waals surface area contributed by atoms with Crippen molar-refractivity contribution < 1.29 is 22.7 Å². The molecule has 0 saturated heterocycles. The summed E-state index contributed by atoms with van der Waals surface area (Å²) in [6, 6.07) is 8.16. The van der Waals surface area contributed by atoms with E-state index in [1.165, 1.54) is 37.3 Å². The molecule has 0 spiro atoms. The van der Waals surface area contributed by atoms with E-state index in [2.05, 4.69) is 4.72 Å². The normalized spacial score (nSPS) is 11.8. The van der Waals surface area contributed by atoms with E-state index in [-0.39, 0.29) is 28.8 Å². The molecule has 1 atom stereocenters. The topological polar surface area (TPSA) is 78.5 Å². The number of ketones is 1. The van der Waals surface area contributed by atoms with Crippen molar-refractivity contribution in [2.45, 2.75) is 13.5 Å². The molecule has 23 heavy (non-hydrogen) atoms. The molecular formula is C15H12ClFNO4S-. The molecule has 2 aromatic carbocycles. The lowest BCUT2D eigenvalue weighted by Gasteiger charge is -2.15. The van der Waals surface area contributed by atoms with Gasteiger partial charge in [0.05, 0.1) is 10.7 Å². The minimum Gasteiger partial charge on any atom is -0.755 e. The maximum absolute atomic E-state index is 13.0. The SMILES string of the molecule is CC(=O)c1ccc(NS(=O)[O-])c(COc2ccc(F)cc2Cl)c1. The number of Topliss-reactive ketones (excluding diaryl/α,β-unsaturated/α-hetero) is 1. The number of anilines is 1. The molecule has 0 aliphatic heterocycles. The van der Waals surface area contributed by atoms with Gasteiger partial charge < -0.3 is 14.0 Å². The van der Waals surface area contributed by atoms with E-state index in [1.807, 2.05) is 0 Å². The summed E-state index contributed by atoms with van der Waals surface area (Å²) in [6.45, 7) is 1.35. The van der Waals surface area contributed by atoms with Crippen LogP contribution in [0.4, 0.5) is 10.1 Å². The molecule has 0 fully saturated rings. The molecule has 0 radical (unpaired) electrons. The summed E-state index contributed by atoms with van der Waals surface area (Å²) in [5.41, 5.74) is 1.14. The number of carbonyl (C=O) groups excluding carboxylic acids is 1. The van der Waals surface area contributed by atoms with Crippen molar-refractivity contribution in [1.29, 1.82) is 0 Å². The smallest absolute Gasteiger partial charge is 0.159 e. The van der Waals surface area contributed by atoms with E-state index >= 15 is 0 Å². The molecule has 0 amide bonds. The van der Waals surface area contributed by atoms with Crippen molar-refractivity contribution in [3.05, 3.63) is 58.4 Å². The van der Waals surface area contributed by atoms with Gasteiger partial charge in [-0.1, -0.05) is 11.6 Å². The fourth-order valence-corrected chi connectivity index (χ4v) is 2.47. The highest BCUT2D eigenvalue weighted by Gasteiger charge is 2.09. The zero-order valence-electron chi connectivity index (χ0n) is 12.0. The largest absolute Gasteiger partial charge is 0.755 e. The average Bonchev–Trinajstić information content (AvgIpc) is 2.46. The van der Waals surface area contributed by atoms with Crippen molar-refractivity contribution in [3.63, 3.8) is 0 Å². The second-order valence-corrected chi connectivity index (χ2v) is 5.71. The van der Waals surface area contributed by atoms with E-state index in [0.29, 0.717) is 11.1 Å². The average molecular weight is 357 g/mol. The second kappa shape index (κ2) is 7.54. The highest BCUT2D eigenvalue weighted by molar-refractivity contribution is 7.80. The minimum absolute atomic E-state index is 0.0496. The van der Waals surface area contributed by atoms with Gasteiger partial charge in [-0.05, 0) is 43.3 Å². The van der Waals surface area contributed by atoms with Crippen LogP contribution in [0.1, 0.15) is 22.8 Å². The first-order chi connectivity index (χ1) is 10.9. The predicted octanol–water partition coefficient (Wildman–Crippen LogP) is 3.47. The predicted molar refractivity (Wildman–Crippen MR) is 84.7 cm³/mol. The van der Waals surface area contributed by atoms with Crippen LogP contribution in [0.15, 0.2) is 36.4 Å². The molecule has 0 aliphatic rings. The third-order valence-corrected chi connectivity index (χ3v) is 3.66. The first-order valence-electron chi connectivity index (χ1n) is 6.44. The summed E-state index contributed by atoms with van der Waals surface area (Å²) in [5.74, 6) is -0.415. The monoisotopic (exact) mass is 356 g/mol. The Morgan fingerprint density at radius 2 is 2.09 bits per heavy atom. The Bertz CT molecular complexity index is 769. The van der Waals surface area contributed by atoms with Crippen molar-refractivity contribution in [2.75, 3.05) is 4.72 Å². The highest BCUT2D eigenvalue weighted by Crippen LogP contribution is 2.27. The van der Waals surface area contributed by atoms with Crippen molar-refractivity contribution in [3.8, 4) is 5.75 Å². The third-order valence-electron chi connectivity index (χ3n) is 2.98. The number of halogens is 2. The van der Waals surface area contributed by atoms with Gasteiger partial charge in [0, 0.05) is 22.4 Å². The van der Waals surface area contributed by atoms with Gasteiger partial charge in [0.1, 0.15) is 18.2 Å². The van der Waals surface area contributed by atoms with Crippen LogP contribution in [0.25, 0.3) is 0 Å². The second-order valence-electron chi connectivity index (χ2n) is 4.63. The lowest BCUT2D eigenvalue weighted by Crippen LogP contribution is -2.08. The van der Waals surface area contributed by atoms with E-state index in [0.717, 1.165) is 6.07 Å². The van der Waals surface area contributed by atoms with Gasteiger partial charge in [-0.15, -0.1) is 0 Å². The fourth-order valence-electron chi connectivity index (χ4n) is 1.87. The van der Waals surface area contributed by atoms with Crippen LogP contribution < -0.4 is 9.46 Å². The molecule has 1 unspecified atom stereocenters. The molecule has 0 aromatic heterocycles. The molecule has 5 nitrogen and oxygen atoms in total. The molecule has 1 N–H and O–H groups in total. The van der Waals surface area contributed by atoms with Crippen LogP contribution >= 0.6 is 11.6 Å². The van der Waals surface area contributed by atoms with E-state index in [4.69, 9.17) is 16.3 Å². The zero-order valence-corrected chi connectivity index (χ0v) is 13.5. The summed E-state index contributed by atoms with van der Waals surface area (Å²) in [5, 5.41) is 0.0923. The molecule has 0 saturated carbocycles. The molecule has 0 bridgehead atoms. The van der Waals surface area contributed by atoms with Crippen LogP contribution in [0.2, 0.25) is 5.02 Å². The van der Waals surface area contributed by atoms with Gasteiger partial charge in [-0.2, -0.15) is 0 Å².